The SMILES string of the molecule is CCC(=O)Oc1c(Br)cc(Br)cc1/C=C1/C(=O)NC(=O)N(c2cccc(C(F)(F)F)c2)C1=O. The number of nitrogens with one attached hydrogen (secondary N) is 1. The number of rotatable bonds is 4. The van der Waals surface area contributed by atoms with Crippen LogP contribution in [-0.2, 0) is 20.6 Å². The van der Waals surface area contributed by atoms with Crippen LogP contribution in [0.2, 0.25) is 0 Å². The number of carbonyl (C=O) groups is 4. The van der Waals surface area contributed by atoms with Crippen LogP contribution in [0, 0.1) is 0 Å². The van der Waals surface area contributed by atoms with E-state index >= 15 is 0 Å². The number of ether oxygens (including phenoxy) is 1. The number of imide groups is 2. The van der Waals surface area contributed by atoms with E-state index in [4.69, 9.17) is 4.74 Å². The number of nitrogens with zero attached hydrogens (tertiary/aromatic N) is 1. The number of hydrogen-bond acceptors (Lipinski definition) is 5. The zero-order valence-corrected chi connectivity index (χ0v) is 19.8. The molecule has 0 spiro atoms. The smallest absolute Gasteiger partial charge is 0.416 e. The van der Waals surface area contributed by atoms with Gasteiger partial charge in [0.1, 0.15) is 5.57 Å². The van der Waals surface area contributed by atoms with Crippen molar-refractivity contribution in [2.45, 2.75) is 19.5 Å². The first-order valence-corrected chi connectivity index (χ1v) is 10.8. The molecular formula is C21H13Br2F3N2O5. The minimum absolute atomic E-state index is 0.0145. The number of carbonyl (C=O) groups excluding carboxylic acids is 4. The summed E-state index contributed by atoms with van der Waals surface area (Å²) in [6, 6.07) is 5.40. The summed E-state index contributed by atoms with van der Waals surface area (Å²) in [5, 5.41) is 1.93. The van der Waals surface area contributed by atoms with E-state index in [1.165, 1.54) is 6.07 Å². The van der Waals surface area contributed by atoms with Gasteiger partial charge in [-0.3, -0.25) is 19.7 Å². The monoisotopic (exact) mass is 588 g/mol. The van der Waals surface area contributed by atoms with Crippen molar-refractivity contribution >= 4 is 67.4 Å². The summed E-state index contributed by atoms with van der Waals surface area (Å²) in [5.74, 6) is -2.78. The molecule has 0 aliphatic carbocycles. The molecule has 1 aliphatic rings. The fraction of sp³-hybridized carbons (Fsp3) is 0.143. The van der Waals surface area contributed by atoms with Crippen LogP contribution in [0.5, 0.6) is 5.75 Å². The van der Waals surface area contributed by atoms with Crippen LogP contribution in [-0.4, -0.2) is 23.8 Å². The summed E-state index contributed by atoms with van der Waals surface area (Å²) in [6.45, 7) is 1.57. The van der Waals surface area contributed by atoms with Crippen LogP contribution in [0.3, 0.4) is 0 Å². The van der Waals surface area contributed by atoms with Crippen molar-refractivity contribution in [2.75, 3.05) is 4.90 Å². The quantitative estimate of drug-likeness (QED) is 0.229. The third-order valence-corrected chi connectivity index (χ3v) is 5.42. The maximum absolute atomic E-state index is 13.1. The van der Waals surface area contributed by atoms with Crippen LogP contribution >= 0.6 is 31.9 Å². The average molecular weight is 590 g/mol. The molecule has 0 saturated carbocycles. The summed E-state index contributed by atoms with van der Waals surface area (Å²) in [4.78, 5) is 50.0. The Balaban J connectivity index is 2.10. The first-order chi connectivity index (χ1) is 15.4. The van der Waals surface area contributed by atoms with Gasteiger partial charge >= 0.3 is 18.2 Å². The second kappa shape index (κ2) is 9.48. The van der Waals surface area contributed by atoms with Crippen LogP contribution < -0.4 is 15.0 Å². The number of amides is 4. The Kier molecular flexibility index (Phi) is 7.08. The maximum Gasteiger partial charge on any atom is 0.416 e. The van der Waals surface area contributed by atoms with Crippen LogP contribution in [0.25, 0.3) is 6.08 Å². The molecule has 0 bridgehead atoms. The van der Waals surface area contributed by atoms with Crippen molar-refractivity contribution in [1.29, 1.82) is 0 Å². The Bertz CT molecular complexity index is 1210. The molecule has 1 N–H and O–H groups in total. The molecule has 0 unspecified atom stereocenters. The van der Waals surface area contributed by atoms with Gasteiger partial charge in [0, 0.05) is 16.5 Å². The minimum atomic E-state index is -4.71. The number of urea groups is 1. The van der Waals surface area contributed by atoms with Crippen LogP contribution in [0.4, 0.5) is 23.7 Å². The molecule has 0 aromatic heterocycles. The molecule has 1 heterocycles. The highest BCUT2D eigenvalue weighted by molar-refractivity contribution is 9.11. The molecule has 2 aromatic carbocycles. The molecule has 33 heavy (non-hydrogen) atoms. The van der Waals surface area contributed by atoms with Gasteiger partial charge in [0.25, 0.3) is 11.8 Å². The molecule has 0 atom stereocenters. The van der Waals surface area contributed by atoms with Gasteiger partial charge < -0.3 is 4.74 Å². The van der Waals surface area contributed by atoms with Crippen molar-refractivity contribution in [3.63, 3.8) is 0 Å². The van der Waals surface area contributed by atoms with Crippen molar-refractivity contribution in [3.05, 3.63) is 62.0 Å². The number of esters is 1. The van der Waals surface area contributed by atoms with Gasteiger partial charge in [0.15, 0.2) is 5.75 Å². The van der Waals surface area contributed by atoms with Gasteiger partial charge in [-0.2, -0.15) is 13.2 Å². The van der Waals surface area contributed by atoms with E-state index in [1.54, 1.807) is 13.0 Å². The Morgan fingerprint density at radius 2 is 1.85 bits per heavy atom. The lowest BCUT2D eigenvalue weighted by molar-refractivity contribution is -0.137. The van der Waals surface area contributed by atoms with Gasteiger partial charge in [0.05, 0.1) is 15.7 Å². The van der Waals surface area contributed by atoms with Gasteiger partial charge in [-0.15, -0.1) is 0 Å². The summed E-state index contributed by atoms with van der Waals surface area (Å²) < 4.78 is 45.4. The number of hydrogen-bond donors (Lipinski definition) is 1. The highest BCUT2D eigenvalue weighted by Gasteiger charge is 2.38. The molecule has 2 aromatic rings. The molecular weight excluding hydrogens is 577 g/mol. The Morgan fingerprint density at radius 1 is 1.15 bits per heavy atom. The normalized spacial score (nSPS) is 15.6. The van der Waals surface area contributed by atoms with Crippen molar-refractivity contribution in [1.82, 2.24) is 5.32 Å². The molecule has 12 heteroatoms. The van der Waals surface area contributed by atoms with E-state index in [2.05, 4.69) is 31.9 Å². The standard InChI is InChI=1S/C21H13Br2F3N2O5/c1-2-16(29)33-17-10(6-12(22)9-15(17)23)7-14-18(30)27-20(32)28(19(14)31)13-5-3-4-11(8-13)21(24,25)26/h3-9H,2H2,1H3,(H,27,30,32)/b14-7-. The van der Waals surface area contributed by atoms with E-state index in [-0.39, 0.29) is 23.4 Å². The zero-order chi connectivity index (χ0) is 24.5. The van der Waals surface area contributed by atoms with Gasteiger partial charge in [0.2, 0.25) is 0 Å². The van der Waals surface area contributed by atoms with Crippen LogP contribution in [0.15, 0.2) is 50.9 Å². The summed E-state index contributed by atoms with van der Waals surface area (Å²) in [7, 11) is 0. The lowest BCUT2D eigenvalue weighted by Gasteiger charge is -2.27. The second-order valence-corrected chi connectivity index (χ2v) is 8.41. The van der Waals surface area contributed by atoms with E-state index in [9.17, 15) is 32.3 Å². The van der Waals surface area contributed by atoms with Gasteiger partial charge in [-0.1, -0.05) is 28.9 Å². The number of barbiturate groups is 1. The lowest BCUT2D eigenvalue weighted by Crippen LogP contribution is -2.54. The summed E-state index contributed by atoms with van der Waals surface area (Å²) in [6.07, 6.45) is -3.57. The zero-order valence-electron chi connectivity index (χ0n) is 16.6. The van der Waals surface area contributed by atoms with Crippen molar-refractivity contribution < 1.29 is 37.1 Å². The van der Waals surface area contributed by atoms with Gasteiger partial charge in [-0.25, -0.2) is 9.69 Å². The highest BCUT2D eigenvalue weighted by atomic mass is 79.9. The maximum atomic E-state index is 13.1. The molecule has 4 amide bonds. The Morgan fingerprint density at radius 3 is 2.48 bits per heavy atom. The van der Waals surface area contributed by atoms with Crippen molar-refractivity contribution in [2.24, 2.45) is 0 Å². The molecule has 0 radical (unpaired) electrons. The van der Waals surface area contributed by atoms with Crippen molar-refractivity contribution in [3.8, 4) is 5.75 Å². The predicted molar refractivity (Wildman–Crippen MR) is 118 cm³/mol. The average Bonchev–Trinajstić information content (AvgIpc) is 2.72. The number of halogens is 5. The molecule has 1 aliphatic heterocycles. The first kappa shape index (κ1) is 24.6. The van der Waals surface area contributed by atoms with E-state index in [0.29, 0.717) is 19.9 Å². The Hall–Kier alpha value is -2.99. The third kappa shape index (κ3) is 5.33. The molecule has 1 saturated heterocycles. The number of alkyl halides is 3. The number of anilines is 1. The minimum Gasteiger partial charge on any atom is -0.425 e. The predicted octanol–water partition coefficient (Wildman–Crippen LogP) is 5.21. The molecule has 1 fully saturated rings. The molecule has 172 valence electrons. The van der Waals surface area contributed by atoms with E-state index in [1.807, 2.05) is 5.32 Å². The lowest BCUT2D eigenvalue weighted by atomic mass is 10.1. The fourth-order valence-corrected chi connectivity index (χ4v) is 4.19. The Labute approximate surface area is 201 Å². The summed E-state index contributed by atoms with van der Waals surface area (Å²) >= 11 is 6.50. The number of benzene rings is 2. The van der Waals surface area contributed by atoms with Gasteiger partial charge in [-0.05, 0) is 52.3 Å². The van der Waals surface area contributed by atoms with E-state index < -0.39 is 41.1 Å². The highest BCUT2D eigenvalue weighted by Crippen LogP contribution is 2.36. The third-order valence-electron chi connectivity index (χ3n) is 4.37. The molecule has 3 rings (SSSR count). The van der Waals surface area contributed by atoms with Crippen LogP contribution in [0.1, 0.15) is 24.5 Å². The topological polar surface area (TPSA) is 92.8 Å². The summed E-state index contributed by atoms with van der Waals surface area (Å²) in [5.41, 5.74) is -1.87. The fourth-order valence-electron chi connectivity index (χ4n) is 2.85. The van der Waals surface area contributed by atoms with E-state index in [0.717, 1.165) is 24.3 Å². The first-order valence-electron chi connectivity index (χ1n) is 9.20. The molecule has 7 nitrogen and oxygen atoms in total. The largest absolute Gasteiger partial charge is 0.425 e. The second-order valence-electron chi connectivity index (χ2n) is 6.64.